The van der Waals surface area contributed by atoms with E-state index in [0.717, 1.165) is 25.9 Å². The zero-order valence-electron chi connectivity index (χ0n) is 12.2. The van der Waals surface area contributed by atoms with Crippen LogP contribution in [0.25, 0.3) is 0 Å². The van der Waals surface area contributed by atoms with Gasteiger partial charge in [-0.2, -0.15) is 9.40 Å². The Morgan fingerprint density at radius 2 is 2.25 bits per heavy atom. The summed E-state index contributed by atoms with van der Waals surface area (Å²) < 4.78 is 28.3. The Bertz CT molecular complexity index is 526. The molecule has 6 nitrogen and oxygen atoms in total. The lowest BCUT2D eigenvalue weighted by Gasteiger charge is -2.14. The fourth-order valence-corrected chi connectivity index (χ4v) is 3.95. The molecular formula is C13H24N4O2S. The molecule has 7 heteroatoms. The molecule has 1 fully saturated rings. The molecule has 1 aliphatic rings. The molecular weight excluding hydrogens is 276 g/mol. The first-order chi connectivity index (χ1) is 9.57. The van der Waals surface area contributed by atoms with Crippen molar-refractivity contribution in [2.45, 2.75) is 38.1 Å². The van der Waals surface area contributed by atoms with Gasteiger partial charge < -0.3 is 5.32 Å². The highest BCUT2D eigenvalue weighted by atomic mass is 32.2. The minimum atomic E-state index is -3.36. The van der Waals surface area contributed by atoms with Crippen LogP contribution in [0.1, 0.15) is 26.7 Å². The van der Waals surface area contributed by atoms with Gasteiger partial charge in [-0.1, -0.05) is 20.3 Å². The van der Waals surface area contributed by atoms with E-state index in [4.69, 9.17) is 0 Å². The van der Waals surface area contributed by atoms with Crippen molar-refractivity contribution in [3.63, 3.8) is 0 Å². The van der Waals surface area contributed by atoms with Gasteiger partial charge in [0.25, 0.3) is 0 Å². The molecule has 0 aliphatic carbocycles. The van der Waals surface area contributed by atoms with Crippen molar-refractivity contribution in [1.82, 2.24) is 19.4 Å². The molecule has 20 heavy (non-hydrogen) atoms. The Morgan fingerprint density at radius 3 is 2.90 bits per heavy atom. The zero-order valence-corrected chi connectivity index (χ0v) is 13.1. The van der Waals surface area contributed by atoms with Crippen molar-refractivity contribution in [2.75, 3.05) is 26.2 Å². The van der Waals surface area contributed by atoms with E-state index in [0.29, 0.717) is 30.4 Å². The minimum Gasteiger partial charge on any atom is -0.315 e. The summed E-state index contributed by atoms with van der Waals surface area (Å²) in [6.45, 7) is 7.79. The highest BCUT2D eigenvalue weighted by Gasteiger charge is 2.32. The second-order valence-corrected chi connectivity index (χ2v) is 7.16. The topological polar surface area (TPSA) is 67.2 Å². The van der Waals surface area contributed by atoms with Gasteiger partial charge >= 0.3 is 0 Å². The van der Waals surface area contributed by atoms with Gasteiger partial charge in [0, 0.05) is 25.8 Å². The predicted octanol–water partition coefficient (Wildman–Crippen LogP) is 0.913. The van der Waals surface area contributed by atoms with E-state index >= 15 is 0 Å². The van der Waals surface area contributed by atoms with Crippen molar-refractivity contribution < 1.29 is 8.42 Å². The average molecular weight is 300 g/mol. The first kappa shape index (κ1) is 15.5. The maximum Gasteiger partial charge on any atom is 0.246 e. The van der Waals surface area contributed by atoms with E-state index in [2.05, 4.69) is 17.3 Å². The molecule has 1 aromatic rings. The highest BCUT2D eigenvalue weighted by Crippen LogP contribution is 2.25. The molecule has 0 radical (unpaired) electrons. The van der Waals surface area contributed by atoms with Gasteiger partial charge in [-0.15, -0.1) is 0 Å². The van der Waals surface area contributed by atoms with Crippen molar-refractivity contribution in [3.8, 4) is 0 Å². The third-order valence-corrected chi connectivity index (χ3v) is 5.66. The first-order valence-corrected chi connectivity index (χ1v) is 8.75. The Hall–Kier alpha value is -0.920. The lowest BCUT2D eigenvalue weighted by molar-refractivity contribution is 0.453. The van der Waals surface area contributed by atoms with Crippen LogP contribution in [-0.4, -0.2) is 48.7 Å². The summed E-state index contributed by atoms with van der Waals surface area (Å²) in [5.74, 6) is 0.494. The fraction of sp³-hybridized carbons (Fsp3) is 0.769. The molecule has 0 amide bonds. The van der Waals surface area contributed by atoms with Crippen LogP contribution in [0.4, 0.5) is 0 Å². The molecule has 0 bridgehead atoms. The third-order valence-electron chi connectivity index (χ3n) is 3.84. The first-order valence-electron chi connectivity index (χ1n) is 7.31. The van der Waals surface area contributed by atoms with E-state index in [-0.39, 0.29) is 0 Å². The Morgan fingerprint density at radius 1 is 1.45 bits per heavy atom. The van der Waals surface area contributed by atoms with Crippen molar-refractivity contribution >= 4 is 10.0 Å². The van der Waals surface area contributed by atoms with Gasteiger partial charge in [-0.3, -0.25) is 4.68 Å². The number of nitrogens with one attached hydrogen (secondary N) is 1. The molecule has 2 heterocycles. The second-order valence-electron chi connectivity index (χ2n) is 5.22. The van der Waals surface area contributed by atoms with Gasteiger partial charge in [0.2, 0.25) is 10.0 Å². The van der Waals surface area contributed by atoms with Crippen LogP contribution in [-0.2, 0) is 16.6 Å². The monoisotopic (exact) mass is 300 g/mol. The molecule has 2 rings (SSSR count). The molecule has 1 aromatic heterocycles. The normalized spacial score (nSPS) is 20.6. The quantitative estimate of drug-likeness (QED) is 0.760. The lowest BCUT2D eigenvalue weighted by Crippen LogP contribution is -2.28. The van der Waals surface area contributed by atoms with Crippen LogP contribution in [0.2, 0.25) is 0 Å². The maximum atomic E-state index is 12.5. The number of nitrogens with zero attached hydrogens (tertiary/aromatic N) is 3. The van der Waals surface area contributed by atoms with Crippen LogP contribution < -0.4 is 5.32 Å². The van der Waals surface area contributed by atoms with E-state index in [1.807, 2.05) is 6.92 Å². The smallest absolute Gasteiger partial charge is 0.246 e. The Kier molecular flexibility index (Phi) is 5.17. The summed E-state index contributed by atoms with van der Waals surface area (Å²) in [5.41, 5.74) is 0. The number of aromatic nitrogens is 2. The number of hydrogen-bond acceptors (Lipinski definition) is 4. The van der Waals surface area contributed by atoms with Gasteiger partial charge in [0.1, 0.15) is 4.90 Å². The van der Waals surface area contributed by atoms with Gasteiger partial charge in [-0.05, 0) is 18.9 Å². The second kappa shape index (κ2) is 6.69. The largest absolute Gasteiger partial charge is 0.315 e. The number of sulfonamides is 1. The molecule has 0 saturated carbocycles. The number of hydrogen-bond donors (Lipinski definition) is 1. The molecule has 1 N–H and O–H groups in total. The van der Waals surface area contributed by atoms with Crippen LogP contribution in [0.3, 0.4) is 0 Å². The summed E-state index contributed by atoms with van der Waals surface area (Å²) in [4.78, 5) is 0.311. The summed E-state index contributed by atoms with van der Waals surface area (Å²) >= 11 is 0. The maximum absolute atomic E-state index is 12.5. The van der Waals surface area contributed by atoms with Crippen molar-refractivity contribution in [2.24, 2.45) is 5.92 Å². The molecule has 114 valence electrons. The standard InChI is InChI=1S/C13H24N4O2S/c1-3-12-5-7-17(10-12)20(18,19)13-9-15-16(11-13)8-6-14-4-2/h9,11-12,14H,3-8,10H2,1-2H3. The van der Waals surface area contributed by atoms with E-state index < -0.39 is 10.0 Å². The lowest BCUT2D eigenvalue weighted by atomic mass is 10.1. The van der Waals surface area contributed by atoms with Crippen LogP contribution in [0.15, 0.2) is 17.3 Å². The predicted molar refractivity (Wildman–Crippen MR) is 77.9 cm³/mol. The molecule has 0 spiro atoms. The number of likely N-dealkylation sites (N-methyl/N-ethyl adjacent to an activating group) is 1. The average Bonchev–Trinajstić information content (AvgIpc) is 3.08. The van der Waals surface area contributed by atoms with Crippen molar-refractivity contribution in [3.05, 3.63) is 12.4 Å². The minimum absolute atomic E-state index is 0.311. The van der Waals surface area contributed by atoms with Gasteiger partial charge in [-0.25, -0.2) is 8.42 Å². The van der Waals surface area contributed by atoms with Gasteiger partial charge in [0.15, 0.2) is 0 Å². The highest BCUT2D eigenvalue weighted by molar-refractivity contribution is 7.89. The van der Waals surface area contributed by atoms with Crippen LogP contribution >= 0.6 is 0 Å². The van der Waals surface area contributed by atoms with E-state index in [9.17, 15) is 8.42 Å². The molecule has 1 saturated heterocycles. The Labute approximate surface area is 121 Å². The molecule has 1 atom stereocenters. The SMILES string of the molecule is CCNCCn1cc(S(=O)(=O)N2CCC(CC)C2)cn1. The third kappa shape index (κ3) is 3.39. The summed E-state index contributed by atoms with van der Waals surface area (Å²) in [5, 5.41) is 7.33. The molecule has 1 unspecified atom stereocenters. The molecule has 1 aliphatic heterocycles. The van der Waals surface area contributed by atoms with Crippen molar-refractivity contribution in [1.29, 1.82) is 0 Å². The fourth-order valence-electron chi connectivity index (χ4n) is 2.47. The van der Waals surface area contributed by atoms with E-state index in [1.165, 1.54) is 6.20 Å². The van der Waals surface area contributed by atoms with Gasteiger partial charge in [0.05, 0.1) is 12.7 Å². The Balaban J connectivity index is 2.03. The zero-order chi connectivity index (χ0) is 14.6. The van der Waals surface area contributed by atoms with E-state index in [1.54, 1.807) is 15.2 Å². The van der Waals surface area contributed by atoms with Crippen LogP contribution in [0, 0.1) is 5.92 Å². The summed E-state index contributed by atoms with van der Waals surface area (Å²) in [7, 11) is -3.36. The number of rotatable bonds is 7. The summed E-state index contributed by atoms with van der Waals surface area (Å²) in [6.07, 6.45) is 5.09. The summed E-state index contributed by atoms with van der Waals surface area (Å²) in [6, 6.07) is 0. The molecule has 0 aromatic carbocycles. The van der Waals surface area contributed by atoms with Crippen LogP contribution in [0.5, 0.6) is 0 Å².